The highest BCUT2D eigenvalue weighted by molar-refractivity contribution is 5.90. The molecule has 1 aliphatic heterocycles. The van der Waals surface area contributed by atoms with E-state index in [1.54, 1.807) is 29.2 Å². The third-order valence-electron chi connectivity index (χ3n) is 5.72. The highest BCUT2D eigenvalue weighted by Crippen LogP contribution is 2.30. The summed E-state index contributed by atoms with van der Waals surface area (Å²) in [5, 5.41) is 2.98. The Morgan fingerprint density at radius 3 is 1.84 bits per heavy atom. The molecule has 1 N–H and O–H groups in total. The number of carbonyl (C=O) groups is 1. The Balaban J connectivity index is 1.48. The normalized spacial score (nSPS) is 14.6. The summed E-state index contributed by atoms with van der Waals surface area (Å²) in [7, 11) is 0. The van der Waals surface area contributed by atoms with Crippen LogP contribution in [0.25, 0.3) is 0 Å². The van der Waals surface area contributed by atoms with Gasteiger partial charge in [-0.25, -0.2) is 13.6 Å². The van der Waals surface area contributed by atoms with E-state index in [9.17, 15) is 13.6 Å². The number of anilines is 1. The molecule has 1 aliphatic rings. The molecule has 4 rings (SSSR count). The summed E-state index contributed by atoms with van der Waals surface area (Å²) < 4.78 is 27.0. The second-order valence-corrected chi connectivity index (χ2v) is 7.77. The van der Waals surface area contributed by atoms with Gasteiger partial charge in [-0.3, -0.25) is 4.90 Å². The molecule has 6 heteroatoms. The molecule has 4 nitrogen and oxygen atoms in total. The van der Waals surface area contributed by atoms with Gasteiger partial charge in [-0.05, 0) is 53.9 Å². The fourth-order valence-corrected chi connectivity index (χ4v) is 3.99. The van der Waals surface area contributed by atoms with E-state index in [1.807, 2.05) is 31.2 Å². The first-order chi connectivity index (χ1) is 15.0. The quantitative estimate of drug-likeness (QED) is 0.628. The summed E-state index contributed by atoms with van der Waals surface area (Å²) in [6.07, 6.45) is 0. The van der Waals surface area contributed by atoms with Crippen molar-refractivity contribution in [3.8, 4) is 0 Å². The van der Waals surface area contributed by atoms with E-state index in [4.69, 9.17) is 0 Å². The Kier molecular flexibility index (Phi) is 6.28. The van der Waals surface area contributed by atoms with E-state index in [2.05, 4.69) is 10.2 Å². The van der Waals surface area contributed by atoms with Crippen LogP contribution >= 0.6 is 0 Å². The zero-order valence-corrected chi connectivity index (χ0v) is 17.4. The molecule has 0 saturated carbocycles. The smallest absolute Gasteiger partial charge is 0.321 e. The third-order valence-corrected chi connectivity index (χ3v) is 5.72. The van der Waals surface area contributed by atoms with Crippen LogP contribution in [0.4, 0.5) is 19.3 Å². The number of hydrogen-bond donors (Lipinski definition) is 1. The number of carbonyl (C=O) groups excluding carboxylic acids is 1. The van der Waals surface area contributed by atoms with Crippen LogP contribution in [0.5, 0.6) is 0 Å². The maximum atomic E-state index is 13.5. The van der Waals surface area contributed by atoms with E-state index in [-0.39, 0.29) is 23.7 Å². The summed E-state index contributed by atoms with van der Waals surface area (Å²) in [4.78, 5) is 16.8. The molecule has 0 spiro atoms. The Hall–Kier alpha value is -3.25. The van der Waals surface area contributed by atoms with Crippen LogP contribution in [0.2, 0.25) is 0 Å². The van der Waals surface area contributed by atoms with Gasteiger partial charge >= 0.3 is 6.03 Å². The molecule has 160 valence electrons. The van der Waals surface area contributed by atoms with Crippen molar-refractivity contribution in [2.45, 2.75) is 13.0 Å². The number of para-hydroxylation sites is 1. The number of hydrogen-bond acceptors (Lipinski definition) is 2. The first-order valence-corrected chi connectivity index (χ1v) is 10.4. The molecule has 0 bridgehead atoms. The zero-order chi connectivity index (χ0) is 21.8. The van der Waals surface area contributed by atoms with Crippen molar-refractivity contribution in [3.05, 3.63) is 101 Å². The van der Waals surface area contributed by atoms with Crippen LogP contribution in [0.3, 0.4) is 0 Å². The van der Waals surface area contributed by atoms with Crippen LogP contribution in [0.1, 0.15) is 22.7 Å². The minimum Gasteiger partial charge on any atom is -0.322 e. The minimum absolute atomic E-state index is 0.117. The molecule has 3 aromatic carbocycles. The van der Waals surface area contributed by atoms with Crippen molar-refractivity contribution in [1.29, 1.82) is 0 Å². The molecule has 0 radical (unpaired) electrons. The average Bonchev–Trinajstić information content (AvgIpc) is 2.78. The standard InChI is InChI=1S/C25H25F2N3O/c1-18-4-2-3-5-23(18)28-25(31)30-16-14-29(15-17-30)24(19-6-10-21(26)11-7-19)20-8-12-22(27)13-9-20/h2-13,24H,14-17H2,1H3,(H,28,31). The summed E-state index contributed by atoms with van der Waals surface area (Å²) >= 11 is 0. The number of amides is 2. The first-order valence-electron chi connectivity index (χ1n) is 10.4. The summed E-state index contributed by atoms with van der Waals surface area (Å²) in [5.74, 6) is -0.585. The lowest BCUT2D eigenvalue weighted by atomic mass is 9.96. The van der Waals surface area contributed by atoms with Crippen LogP contribution in [0.15, 0.2) is 72.8 Å². The molecule has 1 heterocycles. The Labute approximate surface area is 181 Å². The van der Waals surface area contributed by atoms with Gasteiger partial charge in [-0.2, -0.15) is 0 Å². The molecule has 0 atom stereocenters. The monoisotopic (exact) mass is 421 g/mol. The molecule has 1 saturated heterocycles. The molecule has 2 amide bonds. The molecule has 3 aromatic rings. The predicted molar refractivity (Wildman–Crippen MR) is 118 cm³/mol. The van der Waals surface area contributed by atoms with E-state index in [0.717, 1.165) is 22.4 Å². The lowest BCUT2D eigenvalue weighted by Gasteiger charge is -2.39. The second-order valence-electron chi connectivity index (χ2n) is 7.77. The highest BCUT2D eigenvalue weighted by atomic mass is 19.1. The third kappa shape index (κ3) is 4.91. The second kappa shape index (κ2) is 9.27. The van der Waals surface area contributed by atoms with E-state index in [0.29, 0.717) is 26.2 Å². The molecule has 1 fully saturated rings. The Morgan fingerprint density at radius 1 is 0.806 bits per heavy atom. The lowest BCUT2D eigenvalue weighted by Crippen LogP contribution is -2.51. The molecule has 0 aliphatic carbocycles. The topological polar surface area (TPSA) is 35.6 Å². The van der Waals surface area contributed by atoms with Gasteiger partial charge in [0.15, 0.2) is 0 Å². The van der Waals surface area contributed by atoms with Crippen molar-refractivity contribution < 1.29 is 13.6 Å². The summed E-state index contributed by atoms with van der Waals surface area (Å²) in [6.45, 7) is 4.40. The van der Waals surface area contributed by atoms with Crippen molar-refractivity contribution >= 4 is 11.7 Å². The van der Waals surface area contributed by atoms with Gasteiger partial charge in [-0.15, -0.1) is 0 Å². The van der Waals surface area contributed by atoms with Crippen molar-refractivity contribution in [2.24, 2.45) is 0 Å². The van der Waals surface area contributed by atoms with E-state index >= 15 is 0 Å². The number of rotatable bonds is 4. The van der Waals surface area contributed by atoms with E-state index < -0.39 is 0 Å². The van der Waals surface area contributed by atoms with Gasteiger partial charge in [0.1, 0.15) is 11.6 Å². The maximum absolute atomic E-state index is 13.5. The summed E-state index contributed by atoms with van der Waals surface area (Å²) in [5.41, 5.74) is 3.70. The van der Waals surface area contributed by atoms with Gasteiger partial charge in [0, 0.05) is 31.9 Å². The highest BCUT2D eigenvalue weighted by Gasteiger charge is 2.28. The van der Waals surface area contributed by atoms with Gasteiger partial charge in [-0.1, -0.05) is 42.5 Å². The van der Waals surface area contributed by atoms with E-state index in [1.165, 1.54) is 24.3 Å². The van der Waals surface area contributed by atoms with Crippen LogP contribution < -0.4 is 5.32 Å². The van der Waals surface area contributed by atoms with Crippen LogP contribution in [-0.2, 0) is 0 Å². The fraction of sp³-hybridized carbons (Fsp3) is 0.240. The first kappa shape index (κ1) is 21.0. The average molecular weight is 421 g/mol. The number of benzene rings is 3. The van der Waals surface area contributed by atoms with Crippen molar-refractivity contribution in [2.75, 3.05) is 31.5 Å². The van der Waals surface area contributed by atoms with Gasteiger partial charge in [0.05, 0.1) is 6.04 Å². The zero-order valence-electron chi connectivity index (χ0n) is 17.4. The van der Waals surface area contributed by atoms with Gasteiger partial charge < -0.3 is 10.2 Å². The number of nitrogens with one attached hydrogen (secondary N) is 1. The summed E-state index contributed by atoms with van der Waals surface area (Å²) in [6, 6.07) is 20.3. The van der Waals surface area contributed by atoms with Crippen molar-refractivity contribution in [1.82, 2.24) is 9.80 Å². The fourth-order valence-electron chi connectivity index (χ4n) is 3.99. The number of nitrogens with zero attached hydrogens (tertiary/aromatic N) is 2. The molecular formula is C25H25F2N3O. The minimum atomic E-state index is -0.292. The number of urea groups is 1. The molecule has 0 unspecified atom stereocenters. The van der Waals surface area contributed by atoms with Crippen LogP contribution in [-0.4, -0.2) is 42.0 Å². The number of halogens is 2. The molecule has 0 aromatic heterocycles. The van der Waals surface area contributed by atoms with Gasteiger partial charge in [0.25, 0.3) is 0 Å². The largest absolute Gasteiger partial charge is 0.322 e. The SMILES string of the molecule is Cc1ccccc1NC(=O)N1CCN(C(c2ccc(F)cc2)c2ccc(F)cc2)CC1. The number of piperazine rings is 1. The van der Waals surface area contributed by atoms with Crippen LogP contribution in [0, 0.1) is 18.6 Å². The maximum Gasteiger partial charge on any atom is 0.321 e. The molecular weight excluding hydrogens is 396 g/mol. The number of aryl methyl sites for hydroxylation is 1. The predicted octanol–water partition coefficient (Wildman–Crippen LogP) is 5.21. The van der Waals surface area contributed by atoms with Gasteiger partial charge in [0.2, 0.25) is 0 Å². The Bertz CT molecular complexity index is 984. The Morgan fingerprint density at radius 2 is 1.32 bits per heavy atom. The lowest BCUT2D eigenvalue weighted by molar-refractivity contribution is 0.126. The molecule has 31 heavy (non-hydrogen) atoms. The van der Waals surface area contributed by atoms with Crippen molar-refractivity contribution in [3.63, 3.8) is 0 Å².